The number of benzene rings is 1. The molecule has 1 fully saturated rings. The minimum atomic E-state index is -1.97. The van der Waals surface area contributed by atoms with Crippen molar-refractivity contribution in [1.82, 2.24) is 4.90 Å². The zero-order chi connectivity index (χ0) is 26.7. The van der Waals surface area contributed by atoms with Gasteiger partial charge in [0, 0.05) is 19.5 Å². The van der Waals surface area contributed by atoms with Crippen LogP contribution in [0.2, 0.25) is 36.3 Å². The molecule has 2 rings (SSSR count). The van der Waals surface area contributed by atoms with Gasteiger partial charge in [0.1, 0.15) is 6.61 Å². The fraction of sp³-hybridized carbons (Fsp3) is 0.750. The number of hydrogen-bond donors (Lipinski definition) is 0. The summed E-state index contributed by atoms with van der Waals surface area (Å²) in [5.74, 6) is -0.225. The zero-order valence-electron chi connectivity index (χ0n) is 24.3. The Labute approximate surface area is 217 Å². The molecule has 1 atom stereocenters. The predicted octanol–water partition coefficient (Wildman–Crippen LogP) is 7.00. The molecule has 0 N–H and O–H groups in total. The number of esters is 1. The molecule has 0 radical (unpaired) electrons. The normalized spacial score (nSPS) is 19.7. The van der Waals surface area contributed by atoms with Gasteiger partial charge in [-0.15, -0.1) is 0 Å². The van der Waals surface area contributed by atoms with Crippen LogP contribution in [-0.2, 0) is 24.9 Å². The van der Waals surface area contributed by atoms with Crippen molar-refractivity contribution in [2.24, 2.45) is 0 Å². The lowest BCUT2D eigenvalue weighted by molar-refractivity contribution is -0.143. The summed E-state index contributed by atoms with van der Waals surface area (Å²) in [5, 5.41) is 0.267. The first-order valence-corrected chi connectivity index (χ1v) is 18.9. The average Bonchev–Trinajstić information content (AvgIpc) is 3.06. The summed E-state index contributed by atoms with van der Waals surface area (Å²) in [6.45, 7) is 27.0. The van der Waals surface area contributed by atoms with Gasteiger partial charge >= 0.3 is 5.97 Å². The second kappa shape index (κ2) is 11.2. The Hall–Kier alpha value is -0.996. The van der Waals surface area contributed by atoms with Crippen LogP contribution < -0.4 is 0 Å². The van der Waals surface area contributed by atoms with Gasteiger partial charge in [-0.25, -0.2) is 0 Å². The standard InChI is InChI=1S/C28H51NO4Si2/c1-23(30)31-20-25-17-18-28(21-32-34(8,9)26(2,3)4,22-33-35(10,11)27(5,6)7)29(25)19-24-15-13-12-14-16-24/h12-16,25H,17-22H2,1-11H3. The first-order chi connectivity index (χ1) is 15.9. The van der Waals surface area contributed by atoms with Gasteiger partial charge in [-0.3, -0.25) is 9.69 Å². The van der Waals surface area contributed by atoms with Crippen LogP contribution in [-0.4, -0.2) is 58.9 Å². The third-order valence-corrected chi connectivity index (χ3v) is 17.6. The van der Waals surface area contributed by atoms with Crippen LogP contribution in [0.4, 0.5) is 0 Å². The molecule has 1 aliphatic heterocycles. The number of ether oxygens (including phenoxy) is 1. The van der Waals surface area contributed by atoms with Crippen molar-refractivity contribution >= 4 is 22.6 Å². The summed E-state index contributed by atoms with van der Waals surface area (Å²) in [7, 11) is -3.93. The van der Waals surface area contributed by atoms with Crippen molar-refractivity contribution in [2.75, 3.05) is 19.8 Å². The maximum absolute atomic E-state index is 11.7. The van der Waals surface area contributed by atoms with Gasteiger partial charge in [-0.05, 0) is 54.7 Å². The lowest BCUT2D eigenvalue weighted by Gasteiger charge is -2.47. The van der Waals surface area contributed by atoms with Crippen molar-refractivity contribution in [3.8, 4) is 0 Å². The average molecular weight is 522 g/mol. The minimum Gasteiger partial charge on any atom is -0.464 e. The summed E-state index contributed by atoms with van der Waals surface area (Å²) in [6.07, 6.45) is 1.93. The Balaban J connectivity index is 2.44. The van der Waals surface area contributed by atoms with E-state index in [1.165, 1.54) is 12.5 Å². The van der Waals surface area contributed by atoms with E-state index in [4.69, 9.17) is 13.6 Å². The molecule has 0 spiro atoms. The molecule has 0 aromatic heterocycles. The third-order valence-electron chi connectivity index (χ3n) is 8.68. The molecule has 1 aliphatic rings. The van der Waals surface area contributed by atoms with Crippen molar-refractivity contribution in [3.63, 3.8) is 0 Å². The number of carbonyl (C=O) groups excluding carboxylic acids is 1. The van der Waals surface area contributed by atoms with Crippen LogP contribution >= 0.6 is 0 Å². The number of nitrogens with zero attached hydrogens (tertiary/aromatic N) is 1. The summed E-state index contributed by atoms with van der Waals surface area (Å²) in [5.41, 5.74) is 0.998. The Morgan fingerprint density at radius 2 is 1.43 bits per heavy atom. The van der Waals surface area contributed by atoms with E-state index in [9.17, 15) is 4.79 Å². The quantitative estimate of drug-likeness (QED) is 0.245. The highest BCUT2D eigenvalue weighted by Gasteiger charge is 2.50. The van der Waals surface area contributed by atoms with Gasteiger partial charge in [0.05, 0.1) is 18.8 Å². The summed E-state index contributed by atoms with van der Waals surface area (Å²) >= 11 is 0. The van der Waals surface area contributed by atoms with Crippen LogP contribution in [0, 0.1) is 0 Å². The van der Waals surface area contributed by atoms with E-state index in [2.05, 4.69) is 103 Å². The topological polar surface area (TPSA) is 48.0 Å². The number of carbonyl (C=O) groups is 1. The lowest BCUT2D eigenvalue weighted by atomic mass is 9.98. The van der Waals surface area contributed by atoms with Crippen molar-refractivity contribution < 1.29 is 18.4 Å². The lowest BCUT2D eigenvalue weighted by Crippen LogP contribution is -2.58. The van der Waals surface area contributed by atoms with Crippen LogP contribution in [0.3, 0.4) is 0 Å². The molecule has 0 saturated carbocycles. The van der Waals surface area contributed by atoms with Crippen LogP contribution in [0.15, 0.2) is 30.3 Å². The van der Waals surface area contributed by atoms with E-state index in [1.807, 2.05) is 0 Å². The van der Waals surface area contributed by atoms with Crippen LogP contribution in [0.1, 0.15) is 66.9 Å². The van der Waals surface area contributed by atoms with E-state index < -0.39 is 16.6 Å². The second-order valence-corrected chi connectivity index (χ2v) is 23.0. The Morgan fingerprint density at radius 1 is 0.943 bits per heavy atom. The fourth-order valence-electron chi connectivity index (χ4n) is 4.00. The van der Waals surface area contributed by atoms with Gasteiger partial charge in [-0.1, -0.05) is 71.9 Å². The number of hydrogen-bond acceptors (Lipinski definition) is 5. The summed E-state index contributed by atoms with van der Waals surface area (Å²) in [6, 6.07) is 10.7. The summed E-state index contributed by atoms with van der Waals surface area (Å²) in [4.78, 5) is 14.2. The number of rotatable bonds is 10. The SMILES string of the molecule is CC(=O)OCC1CCC(CO[Si](C)(C)C(C)(C)C)(CO[Si](C)(C)C(C)(C)C)N1Cc1ccccc1. The van der Waals surface area contributed by atoms with E-state index in [0.717, 1.165) is 19.4 Å². The molecule has 1 aromatic carbocycles. The maximum atomic E-state index is 11.7. The predicted molar refractivity (Wildman–Crippen MR) is 151 cm³/mol. The van der Waals surface area contributed by atoms with Gasteiger partial charge < -0.3 is 13.6 Å². The molecule has 0 bridgehead atoms. The zero-order valence-corrected chi connectivity index (χ0v) is 26.3. The Kier molecular flexibility index (Phi) is 9.65. The molecule has 1 aromatic rings. The van der Waals surface area contributed by atoms with Crippen LogP contribution in [0.25, 0.3) is 0 Å². The molecule has 0 aliphatic carbocycles. The highest BCUT2D eigenvalue weighted by Crippen LogP contribution is 2.43. The van der Waals surface area contributed by atoms with E-state index in [-0.39, 0.29) is 27.6 Å². The maximum Gasteiger partial charge on any atom is 0.302 e. The van der Waals surface area contributed by atoms with E-state index in [0.29, 0.717) is 19.8 Å². The van der Waals surface area contributed by atoms with Gasteiger partial charge in [-0.2, -0.15) is 0 Å². The molecule has 7 heteroatoms. The minimum absolute atomic E-state index is 0.133. The molecule has 5 nitrogen and oxygen atoms in total. The first kappa shape index (κ1) is 30.2. The largest absolute Gasteiger partial charge is 0.464 e. The van der Waals surface area contributed by atoms with Gasteiger partial charge in [0.2, 0.25) is 0 Å². The van der Waals surface area contributed by atoms with E-state index in [1.54, 1.807) is 0 Å². The first-order valence-electron chi connectivity index (χ1n) is 13.1. The molecule has 1 saturated heterocycles. The Bertz CT molecular complexity index is 798. The highest BCUT2D eigenvalue weighted by molar-refractivity contribution is 6.74. The molecule has 1 unspecified atom stereocenters. The van der Waals surface area contributed by atoms with E-state index >= 15 is 0 Å². The van der Waals surface area contributed by atoms with Gasteiger partial charge in [0.25, 0.3) is 0 Å². The van der Waals surface area contributed by atoms with Gasteiger partial charge in [0.15, 0.2) is 16.6 Å². The molecule has 1 heterocycles. The second-order valence-electron chi connectivity index (χ2n) is 13.4. The smallest absolute Gasteiger partial charge is 0.302 e. The van der Waals surface area contributed by atoms with Crippen molar-refractivity contribution in [3.05, 3.63) is 35.9 Å². The Morgan fingerprint density at radius 3 is 1.86 bits per heavy atom. The highest BCUT2D eigenvalue weighted by atomic mass is 28.4. The van der Waals surface area contributed by atoms with Crippen LogP contribution in [0.5, 0.6) is 0 Å². The summed E-state index contributed by atoms with van der Waals surface area (Å²) < 4.78 is 19.3. The molecular formula is C28H51NO4Si2. The fourth-order valence-corrected chi connectivity index (χ4v) is 6.13. The van der Waals surface area contributed by atoms with Crippen molar-refractivity contribution in [2.45, 2.75) is 116 Å². The molecule has 0 amide bonds. The molecular weight excluding hydrogens is 470 g/mol. The molecule has 200 valence electrons. The number of likely N-dealkylation sites (tertiary alicyclic amines) is 1. The van der Waals surface area contributed by atoms with Crippen molar-refractivity contribution in [1.29, 1.82) is 0 Å². The molecule has 35 heavy (non-hydrogen) atoms. The third kappa shape index (κ3) is 7.74. The monoisotopic (exact) mass is 521 g/mol.